The van der Waals surface area contributed by atoms with Crippen molar-refractivity contribution in [2.45, 2.75) is 44.0 Å². The van der Waals surface area contributed by atoms with E-state index < -0.39 is 48.3 Å². The Morgan fingerprint density at radius 1 is 1.33 bits per heavy atom. The van der Waals surface area contributed by atoms with Gasteiger partial charge in [0, 0.05) is 24.8 Å². The van der Waals surface area contributed by atoms with Crippen molar-refractivity contribution in [3.05, 3.63) is 29.3 Å². The fourth-order valence-electron chi connectivity index (χ4n) is 3.07. The number of anilines is 1. The van der Waals surface area contributed by atoms with Gasteiger partial charge in [0.1, 0.15) is 6.04 Å². The van der Waals surface area contributed by atoms with Gasteiger partial charge in [-0.3, -0.25) is 0 Å². The molecule has 0 bridgehead atoms. The summed E-state index contributed by atoms with van der Waals surface area (Å²) >= 11 is 0. The molecule has 1 aromatic carbocycles. The molecule has 1 aliphatic heterocycles. The van der Waals surface area contributed by atoms with Gasteiger partial charge in [-0.1, -0.05) is 13.8 Å². The molecule has 3 nitrogen and oxygen atoms in total. The van der Waals surface area contributed by atoms with Crippen molar-refractivity contribution < 1.29 is 26.7 Å². The molecule has 1 saturated heterocycles. The van der Waals surface area contributed by atoms with Gasteiger partial charge in [-0.2, -0.15) is 18.4 Å². The molecule has 2 rings (SSSR count). The standard InChI is InChI=1S/C16H17F5N2O/c1-9(2)13-12(5-4-11(17)14(13)18)23-8-15(24-3,16(19,20)21)6-10(23)7-22/h4-5,9-10H,6,8H2,1-3H3. The van der Waals surface area contributed by atoms with E-state index in [1.54, 1.807) is 19.9 Å². The lowest BCUT2D eigenvalue weighted by Crippen LogP contribution is -2.49. The Bertz CT molecular complexity index is 668. The summed E-state index contributed by atoms with van der Waals surface area (Å²) in [6.45, 7) is 2.55. The Labute approximate surface area is 136 Å². The summed E-state index contributed by atoms with van der Waals surface area (Å²) in [7, 11) is 0.931. The highest BCUT2D eigenvalue weighted by molar-refractivity contribution is 5.59. The molecular formula is C16H17F5N2O. The number of nitriles is 1. The van der Waals surface area contributed by atoms with Gasteiger partial charge in [-0.25, -0.2) is 8.78 Å². The first-order chi connectivity index (χ1) is 11.1. The van der Waals surface area contributed by atoms with Gasteiger partial charge in [0.15, 0.2) is 17.2 Å². The summed E-state index contributed by atoms with van der Waals surface area (Å²) in [5.74, 6) is -2.66. The van der Waals surface area contributed by atoms with E-state index in [9.17, 15) is 27.2 Å². The maximum atomic E-state index is 14.2. The molecule has 0 aliphatic carbocycles. The van der Waals surface area contributed by atoms with Crippen molar-refractivity contribution in [1.29, 1.82) is 5.26 Å². The number of hydrogen-bond donors (Lipinski definition) is 0. The van der Waals surface area contributed by atoms with Gasteiger partial charge in [0.2, 0.25) is 0 Å². The predicted molar refractivity (Wildman–Crippen MR) is 77.6 cm³/mol. The fourth-order valence-corrected chi connectivity index (χ4v) is 3.07. The third-order valence-electron chi connectivity index (χ3n) is 4.38. The lowest BCUT2D eigenvalue weighted by Gasteiger charge is -2.31. The molecule has 132 valence electrons. The lowest BCUT2D eigenvalue weighted by atomic mass is 9.99. The van der Waals surface area contributed by atoms with E-state index in [2.05, 4.69) is 0 Å². The van der Waals surface area contributed by atoms with E-state index in [0.717, 1.165) is 18.1 Å². The summed E-state index contributed by atoms with van der Waals surface area (Å²) in [6, 6.07) is 2.71. The first-order valence-corrected chi connectivity index (χ1v) is 7.34. The second kappa shape index (κ2) is 6.20. The Hall–Kier alpha value is -1.88. The minimum Gasteiger partial charge on any atom is -0.367 e. The summed E-state index contributed by atoms with van der Waals surface area (Å²) in [4.78, 5) is 1.15. The van der Waals surface area contributed by atoms with Crippen LogP contribution < -0.4 is 4.90 Å². The molecule has 24 heavy (non-hydrogen) atoms. The zero-order chi connectivity index (χ0) is 18.3. The molecule has 1 aromatic rings. The summed E-state index contributed by atoms with van der Waals surface area (Å²) < 4.78 is 72.7. The minimum absolute atomic E-state index is 0.0515. The molecule has 0 amide bonds. The average molecular weight is 348 g/mol. The highest BCUT2D eigenvalue weighted by atomic mass is 19.4. The second-order valence-corrected chi connectivity index (χ2v) is 6.12. The highest BCUT2D eigenvalue weighted by Crippen LogP contribution is 2.46. The number of hydrogen-bond acceptors (Lipinski definition) is 3. The zero-order valence-electron chi connectivity index (χ0n) is 13.4. The van der Waals surface area contributed by atoms with Gasteiger partial charge < -0.3 is 9.64 Å². The molecule has 2 unspecified atom stereocenters. The van der Waals surface area contributed by atoms with Crippen LogP contribution in [0, 0.1) is 23.0 Å². The Morgan fingerprint density at radius 2 is 1.96 bits per heavy atom. The monoisotopic (exact) mass is 348 g/mol. The van der Waals surface area contributed by atoms with E-state index in [4.69, 9.17) is 4.74 Å². The van der Waals surface area contributed by atoms with Crippen molar-refractivity contribution >= 4 is 5.69 Å². The lowest BCUT2D eigenvalue weighted by molar-refractivity contribution is -0.261. The number of ether oxygens (including phenoxy) is 1. The first-order valence-electron chi connectivity index (χ1n) is 7.34. The maximum absolute atomic E-state index is 14.2. The van der Waals surface area contributed by atoms with Crippen molar-refractivity contribution in [3.63, 3.8) is 0 Å². The third kappa shape index (κ3) is 2.81. The quantitative estimate of drug-likeness (QED) is 0.771. The largest absolute Gasteiger partial charge is 0.419 e. The molecule has 1 fully saturated rings. The third-order valence-corrected chi connectivity index (χ3v) is 4.38. The molecule has 1 aliphatic rings. The topological polar surface area (TPSA) is 36.3 Å². The Kier molecular flexibility index (Phi) is 4.77. The van der Waals surface area contributed by atoms with Crippen LogP contribution in [-0.4, -0.2) is 31.5 Å². The molecule has 0 radical (unpaired) electrons. The van der Waals surface area contributed by atoms with Crippen molar-refractivity contribution in [2.24, 2.45) is 0 Å². The van der Waals surface area contributed by atoms with Crippen LogP contribution in [0.4, 0.5) is 27.6 Å². The average Bonchev–Trinajstić information content (AvgIpc) is 2.89. The van der Waals surface area contributed by atoms with Gasteiger partial charge in [0.25, 0.3) is 0 Å². The van der Waals surface area contributed by atoms with Gasteiger partial charge in [-0.15, -0.1) is 0 Å². The number of benzene rings is 1. The van der Waals surface area contributed by atoms with Crippen LogP contribution in [0.2, 0.25) is 0 Å². The molecule has 0 spiro atoms. The van der Waals surface area contributed by atoms with Crippen LogP contribution in [0.5, 0.6) is 0 Å². The van der Waals surface area contributed by atoms with Crippen LogP contribution in [0.15, 0.2) is 12.1 Å². The normalized spacial score (nSPS) is 24.5. The van der Waals surface area contributed by atoms with Crippen molar-refractivity contribution in [3.8, 4) is 6.07 Å². The van der Waals surface area contributed by atoms with Crippen LogP contribution in [-0.2, 0) is 4.74 Å². The minimum atomic E-state index is -4.69. The van der Waals surface area contributed by atoms with Crippen LogP contribution in [0.25, 0.3) is 0 Å². The van der Waals surface area contributed by atoms with Gasteiger partial charge in [0.05, 0.1) is 12.6 Å². The number of halogens is 5. The maximum Gasteiger partial charge on any atom is 0.419 e. The Morgan fingerprint density at radius 3 is 2.42 bits per heavy atom. The fraction of sp³-hybridized carbons (Fsp3) is 0.562. The smallest absolute Gasteiger partial charge is 0.367 e. The molecular weight excluding hydrogens is 331 g/mol. The zero-order valence-corrected chi connectivity index (χ0v) is 13.4. The van der Waals surface area contributed by atoms with E-state index in [-0.39, 0.29) is 11.3 Å². The number of alkyl halides is 3. The number of nitrogens with zero attached hydrogens (tertiary/aromatic N) is 2. The summed E-state index contributed by atoms with van der Waals surface area (Å²) in [5, 5.41) is 9.26. The second-order valence-electron chi connectivity index (χ2n) is 6.12. The van der Waals surface area contributed by atoms with Gasteiger partial charge in [-0.05, 0) is 18.1 Å². The Balaban J connectivity index is 2.57. The van der Waals surface area contributed by atoms with E-state index in [1.165, 1.54) is 6.07 Å². The van der Waals surface area contributed by atoms with Crippen molar-refractivity contribution in [2.75, 3.05) is 18.6 Å². The van der Waals surface area contributed by atoms with Crippen LogP contribution in [0.1, 0.15) is 31.7 Å². The first kappa shape index (κ1) is 18.5. The van der Waals surface area contributed by atoms with Crippen LogP contribution >= 0.6 is 0 Å². The number of rotatable bonds is 3. The van der Waals surface area contributed by atoms with E-state index in [1.807, 2.05) is 0 Å². The molecule has 8 heteroatoms. The van der Waals surface area contributed by atoms with E-state index >= 15 is 0 Å². The molecule has 2 atom stereocenters. The highest BCUT2D eigenvalue weighted by Gasteiger charge is 2.62. The molecule has 1 heterocycles. The predicted octanol–water partition coefficient (Wildman–Crippen LogP) is 4.14. The number of methoxy groups -OCH3 is 1. The van der Waals surface area contributed by atoms with Crippen LogP contribution in [0.3, 0.4) is 0 Å². The van der Waals surface area contributed by atoms with Crippen molar-refractivity contribution in [1.82, 2.24) is 0 Å². The summed E-state index contributed by atoms with van der Waals surface area (Å²) in [5.41, 5.74) is -2.49. The molecule has 0 aromatic heterocycles. The van der Waals surface area contributed by atoms with E-state index in [0.29, 0.717) is 0 Å². The van der Waals surface area contributed by atoms with Gasteiger partial charge >= 0.3 is 6.18 Å². The molecule has 0 N–H and O–H groups in total. The molecule has 0 saturated carbocycles. The summed E-state index contributed by atoms with van der Waals surface area (Å²) in [6.07, 6.45) is -5.29. The SMILES string of the molecule is COC1(C(F)(F)F)CC(C#N)N(c2ccc(F)c(F)c2C(C)C)C1.